The Balaban J connectivity index is 1.26. The van der Waals surface area contributed by atoms with Crippen molar-refractivity contribution < 1.29 is 33.2 Å². The maximum Gasteiger partial charge on any atom is 0.319 e. The molecular weight excluding hydrogens is 668 g/mol. The number of anilines is 1. The van der Waals surface area contributed by atoms with E-state index in [1.807, 2.05) is 4.90 Å². The van der Waals surface area contributed by atoms with E-state index in [1.54, 1.807) is 6.92 Å². The summed E-state index contributed by atoms with van der Waals surface area (Å²) in [4.78, 5) is 18.7. The van der Waals surface area contributed by atoms with Gasteiger partial charge in [-0.05, 0) is 75.6 Å². The van der Waals surface area contributed by atoms with E-state index >= 15 is 8.78 Å². The molecule has 5 heterocycles. The number of terminal acetylenes is 1. The molecule has 3 saturated heterocycles. The fourth-order valence-corrected chi connectivity index (χ4v) is 9.32. The van der Waals surface area contributed by atoms with Crippen LogP contribution < -0.4 is 14.4 Å². The Hall–Kier alpha value is -4.31. The van der Waals surface area contributed by atoms with Crippen molar-refractivity contribution >= 4 is 27.5 Å². The Morgan fingerprint density at radius 2 is 1.83 bits per heavy atom. The molecule has 1 saturated carbocycles. The Labute approximate surface area is 302 Å². The van der Waals surface area contributed by atoms with Crippen LogP contribution in [0.4, 0.5) is 14.6 Å². The van der Waals surface area contributed by atoms with Gasteiger partial charge in [0.25, 0.3) is 0 Å². The van der Waals surface area contributed by atoms with Gasteiger partial charge in [0.1, 0.15) is 34.0 Å². The number of fused-ring (bicyclic) bond motifs is 3. The Bertz CT molecular complexity index is 2100. The summed E-state index contributed by atoms with van der Waals surface area (Å²) in [5, 5.41) is 22.7. The maximum absolute atomic E-state index is 17.2. The fourth-order valence-electron chi connectivity index (χ4n) is 9.32. The number of halogens is 2. The number of nitrogens with zero attached hydrogens (tertiary/aromatic N) is 5. The zero-order chi connectivity index (χ0) is 36.4. The molecule has 1 aliphatic carbocycles. The van der Waals surface area contributed by atoms with E-state index in [2.05, 4.69) is 22.7 Å². The number of ether oxygens (including phenoxy) is 3. The molecule has 2 aromatic carbocycles. The van der Waals surface area contributed by atoms with Crippen LogP contribution in [0, 0.1) is 34.8 Å². The summed E-state index contributed by atoms with van der Waals surface area (Å²) < 4.78 is 50.2. The van der Waals surface area contributed by atoms with Gasteiger partial charge in [-0.3, -0.25) is 4.90 Å². The molecule has 52 heavy (non-hydrogen) atoms. The van der Waals surface area contributed by atoms with Gasteiger partial charge in [-0.15, -0.1) is 6.42 Å². The third kappa shape index (κ3) is 5.96. The summed E-state index contributed by atoms with van der Waals surface area (Å²) >= 11 is 0. The average Bonchev–Trinajstić information content (AvgIpc) is 3.55. The van der Waals surface area contributed by atoms with E-state index in [0.717, 1.165) is 58.4 Å². The highest BCUT2D eigenvalue weighted by Gasteiger charge is 2.50. The predicted molar refractivity (Wildman–Crippen MR) is 194 cm³/mol. The SMILES string of the molecule is C#Cc1c(F)ccc2cc(O)cc(-c3nc(OC)c4c(N5CCC[C@@](C)(O)C5)nc(OC[C@]56CCC[C@H]5N(CC5(C)COC5)CCC6)nc4c3F)c12. The first-order chi connectivity index (χ1) is 24.9. The van der Waals surface area contributed by atoms with Crippen LogP contribution in [0.3, 0.4) is 0 Å². The number of benzene rings is 2. The highest BCUT2D eigenvalue weighted by molar-refractivity contribution is 6.04. The number of methoxy groups -OCH3 is 1. The summed E-state index contributed by atoms with van der Waals surface area (Å²) in [5.74, 6) is 1.09. The first kappa shape index (κ1) is 34.8. The molecule has 0 bridgehead atoms. The zero-order valence-electron chi connectivity index (χ0n) is 30.0. The monoisotopic (exact) mass is 713 g/mol. The maximum atomic E-state index is 17.2. The largest absolute Gasteiger partial charge is 0.508 e. The smallest absolute Gasteiger partial charge is 0.319 e. The summed E-state index contributed by atoms with van der Waals surface area (Å²) in [5.41, 5.74) is -1.26. The number of piperidine rings is 2. The van der Waals surface area contributed by atoms with E-state index in [1.165, 1.54) is 31.4 Å². The topological polar surface area (TPSA) is 113 Å². The quantitative estimate of drug-likeness (QED) is 0.204. The Kier molecular flexibility index (Phi) is 8.67. The van der Waals surface area contributed by atoms with Crippen molar-refractivity contribution in [3.8, 4) is 41.2 Å². The molecular formula is C40H45F2N5O5. The number of pyridine rings is 1. The molecule has 8 rings (SSSR count). The minimum Gasteiger partial charge on any atom is -0.508 e. The summed E-state index contributed by atoms with van der Waals surface area (Å²) in [7, 11) is 1.42. The highest BCUT2D eigenvalue weighted by Crippen LogP contribution is 2.49. The molecule has 2 N–H and O–H groups in total. The molecule has 2 aromatic heterocycles. The van der Waals surface area contributed by atoms with Gasteiger partial charge >= 0.3 is 6.01 Å². The number of rotatable bonds is 8. The zero-order valence-corrected chi connectivity index (χ0v) is 30.0. The molecule has 12 heteroatoms. The normalized spacial score (nSPS) is 25.9. The average molecular weight is 714 g/mol. The predicted octanol–water partition coefficient (Wildman–Crippen LogP) is 6.22. The number of likely N-dealkylation sites (tertiary alicyclic amines) is 1. The summed E-state index contributed by atoms with van der Waals surface area (Å²) in [6.07, 6.45) is 12.3. The van der Waals surface area contributed by atoms with E-state index in [4.69, 9.17) is 30.6 Å². The molecule has 4 fully saturated rings. The van der Waals surface area contributed by atoms with Gasteiger partial charge in [0.05, 0.1) is 38.1 Å². The number of hydrogen-bond donors (Lipinski definition) is 2. The van der Waals surface area contributed by atoms with E-state index in [0.29, 0.717) is 43.2 Å². The molecule has 0 unspecified atom stereocenters. The first-order valence-electron chi connectivity index (χ1n) is 18.2. The summed E-state index contributed by atoms with van der Waals surface area (Å²) in [6, 6.07) is 5.80. The van der Waals surface area contributed by atoms with Crippen LogP contribution >= 0.6 is 0 Å². The van der Waals surface area contributed by atoms with Gasteiger partial charge in [-0.2, -0.15) is 9.97 Å². The molecule has 4 aromatic rings. The van der Waals surface area contributed by atoms with Gasteiger partial charge in [-0.25, -0.2) is 13.8 Å². The number of hydrogen-bond acceptors (Lipinski definition) is 10. The number of aromatic hydroxyl groups is 1. The molecule has 0 spiro atoms. The second-order valence-corrected chi connectivity index (χ2v) is 16.0. The van der Waals surface area contributed by atoms with Crippen molar-refractivity contribution in [1.82, 2.24) is 19.9 Å². The van der Waals surface area contributed by atoms with Crippen molar-refractivity contribution in [2.24, 2.45) is 10.8 Å². The van der Waals surface area contributed by atoms with Crippen molar-refractivity contribution in [2.45, 2.75) is 70.4 Å². The first-order valence-corrected chi connectivity index (χ1v) is 18.2. The lowest BCUT2D eigenvalue weighted by Crippen LogP contribution is -2.57. The molecule has 4 aliphatic rings. The third-order valence-corrected chi connectivity index (χ3v) is 11.7. The summed E-state index contributed by atoms with van der Waals surface area (Å²) in [6.45, 7) is 8.83. The highest BCUT2D eigenvalue weighted by atomic mass is 19.1. The van der Waals surface area contributed by atoms with E-state index < -0.39 is 17.2 Å². The third-order valence-electron chi connectivity index (χ3n) is 11.7. The van der Waals surface area contributed by atoms with Crippen LogP contribution in [0.2, 0.25) is 0 Å². The lowest BCUT2D eigenvalue weighted by Gasteiger charge is -2.50. The second kappa shape index (κ2) is 13.0. The minimum atomic E-state index is -1.00. The van der Waals surface area contributed by atoms with E-state index in [9.17, 15) is 10.2 Å². The van der Waals surface area contributed by atoms with Gasteiger partial charge in [0, 0.05) is 47.5 Å². The van der Waals surface area contributed by atoms with Crippen LogP contribution in [0.5, 0.6) is 17.6 Å². The molecule has 0 amide bonds. The standard InChI is InChI=1S/C40H45F2N5O5/c1-5-26-28(41)11-10-24-17-25(48)18-27(30(24)26)33-32(42)34-31(36(43-33)50-4)35(47-16-7-12-39(3,49)20-47)45-37(44-34)52-23-40-13-6-9-29(40)46(15-8-14-40)19-38(2)21-51-22-38/h1,10-11,17-18,29,48-49H,6-9,12-16,19-23H2,2-4H3/t29-,39-,40-/m1/s1. The van der Waals surface area contributed by atoms with Crippen LogP contribution in [-0.2, 0) is 4.74 Å². The minimum absolute atomic E-state index is 0.0125. The van der Waals surface area contributed by atoms with Crippen LogP contribution in [0.25, 0.3) is 32.9 Å². The molecule has 10 nitrogen and oxygen atoms in total. The number of aliphatic hydroxyl groups is 1. The van der Waals surface area contributed by atoms with Gasteiger partial charge in [-0.1, -0.05) is 25.3 Å². The molecule has 0 radical (unpaired) electrons. The molecule has 3 atom stereocenters. The Morgan fingerprint density at radius 1 is 1.04 bits per heavy atom. The van der Waals surface area contributed by atoms with Crippen LogP contribution in [0.1, 0.15) is 64.4 Å². The molecule has 3 aliphatic heterocycles. The number of β-amino-alcohol motifs (C(OH)–C–C–N with tert-alkyl or cyclic N) is 1. The Morgan fingerprint density at radius 3 is 2.56 bits per heavy atom. The van der Waals surface area contributed by atoms with Crippen molar-refractivity contribution in [2.75, 3.05) is 58.0 Å². The lowest BCUT2D eigenvalue weighted by molar-refractivity contribution is -0.130. The number of aromatic nitrogens is 3. The van der Waals surface area contributed by atoms with Crippen molar-refractivity contribution in [1.29, 1.82) is 0 Å². The van der Waals surface area contributed by atoms with Gasteiger partial charge < -0.3 is 29.3 Å². The van der Waals surface area contributed by atoms with Crippen LogP contribution in [-0.4, -0.2) is 94.8 Å². The van der Waals surface area contributed by atoms with E-state index in [-0.39, 0.29) is 68.1 Å². The lowest BCUT2D eigenvalue weighted by atomic mass is 9.74. The number of phenols is 1. The molecule has 274 valence electrons. The fraction of sp³-hybridized carbons (Fsp3) is 0.525. The van der Waals surface area contributed by atoms with Crippen molar-refractivity contribution in [3.63, 3.8) is 0 Å². The van der Waals surface area contributed by atoms with Crippen LogP contribution in [0.15, 0.2) is 24.3 Å². The van der Waals surface area contributed by atoms with Gasteiger partial charge in [0.15, 0.2) is 5.82 Å². The second-order valence-electron chi connectivity index (χ2n) is 16.0. The number of phenolic OH excluding ortho intramolecular Hbond substituents is 1. The van der Waals surface area contributed by atoms with Gasteiger partial charge in [0.2, 0.25) is 5.88 Å². The van der Waals surface area contributed by atoms with Crippen molar-refractivity contribution in [3.05, 3.63) is 41.5 Å².